The fourth-order valence-corrected chi connectivity index (χ4v) is 7.59. The SMILES string of the molecule is COc1cc([C@@H]2c3cc4c(cc3[C@@H](N(C)C3=CC(=O)N(C)C3=O)[C@H]3COC(=O)[C@H]23)OCO4)cc(OC)c1O[Si](C)(C)C(C)(C)C. The van der Waals surface area contributed by atoms with Gasteiger partial charge < -0.3 is 33.0 Å². The van der Waals surface area contributed by atoms with Crippen LogP contribution in [-0.4, -0.2) is 77.6 Å². The summed E-state index contributed by atoms with van der Waals surface area (Å²) in [6, 6.07) is 7.17. The molecule has 45 heavy (non-hydrogen) atoms. The largest absolute Gasteiger partial charge is 0.539 e. The van der Waals surface area contributed by atoms with Crippen molar-refractivity contribution in [3.8, 4) is 28.7 Å². The summed E-state index contributed by atoms with van der Waals surface area (Å²) >= 11 is 0. The second kappa shape index (κ2) is 10.7. The Balaban J connectivity index is 1.53. The lowest BCUT2D eigenvalue weighted by molar-refractivity contribution is -0.141. The lowest BCUT2D eigenvalue weighted by Gasteiger charge is -2.44. The van der Waals surface area contributed by atoms with Crippen LogP contribution in [0.25, 0.3) is 0 Å². The van der Waals surface area contributed by atoms with Crippen LogP contribution >= 0.6 is 0 Å². The van der Waals surface area contributed by atoms with Gasteiger partial charge in [0.05, 0.1) is 32.8 Å². The summed E-state index contributed by atoms with van der Waals surface area (Å²) in [6.45, 7) is 11.0. The first-order valence-electron chi connectivity index (χ1n) is 15.0. The Morgan fingerprint density at radius 3 is 2.07 bits per heavy atom. The smallest absolute Gasteiger partial charge is 0.310 e. The van der Waals surface area contributed by atoms with Gasteiger partial charge >= 0.3 is 5.97 Å². The molecular weight excluding hydrogens is 596 g/mol. The van der Waals surface area contributed by atoms with Gasteiger partial charge in [-0.25, -0.2) is 0 Å². The molecule has 0 aromatic heterocycles. The molecule has 1 aliphatic carbocycles. The summed E-state index contributed by atoms with van der Waals surface area (Å²) in [4.78, 5) is 42.0. The normalized spacial score (nSPS) is 23.8. The second-order valence-electron chi connectivity index (χ2n) is 13.5. The van der Waals surface area contributed by atoms with Crippen LogP contribution < -0.4 is 23.4 Å². The first kappa shape index (κ1) is 30.8. The Hall–Kier alpha value is -4.19. The predicted octanol–water partition coefficient (Wildman–Crippen LogP) is 4.61. The summed E-state index contributed by atoms with van der Waals surface area (Å²) in [7, 11) is 4.12. The van der Waals surface area contributed by atoms with Gasteiger partial charge in [-0.05, 0) is 59.1 Å². The number of imide groups is 1. The van der Waals surface area contributed by atoms with E-state index < -0.39 is 38.0 Å². The van der Waals surface area contributed by atoms with E-state index in [-0.39, 0.29) is 36.0 Å². The topological polar surface area (TPSA) is 113 Å². The van der Waals surface area contributed by atoms with Crippen molar-refractivity contribution in [2.75, 3.05) is 41.7 Å². The fourth-order valence-electron chi connectivity index (χ4n) is 6.57. The molecule has 0 unspecified atom stereocenters. The Morgan fingerprint density at radius 1 is 0.933 bits per heavy atom. The zero-order valence-electron chi connectivity index (χ0n) is 27.2. The molecule has 0 saturated carbocycles. The van der Waals surface area contributed by atoms with E-state index in [2.05, 4.69) is 33.9 Å². The van der Waals surface area contributed by atoms with E-state index in [1.807, 2.05) is 24.3 Å². The number of ether oxygens (including phenoxy) is 5. The third-order valence-corrected chi connectivity index (χ3v) is 14.4. The van der Waals surface area contributed by atoms with Crippen LogP contribution in [0, 0.1) is 11.8 Å². The number of cyclic esters (lactones) is 1. The molecule has 1 saturated heterocycles. The summed E-state index contributed by atoms with van der Waals surface area (Å²) in [5.74, 6) is 0.0943. The van der Waals surface area contributed by atoms with E-state index in [0.717, 1.165) is 21.6 Å². The van der Waals surface area contributed by atoms with Crippen molar-refractivity contribution in [2.24, 2.45) is 11.8 Å². The molecule has 0 spiro atoms. The minimum atomic E-state index is -2.28. The number of carbonyl (C=O) groups is 3. The molecule has 6 rings (SSSR count). The standard InChI is InChI=1S/C33H40N2O9Si/c1-33(2,3)45(8,9)44-30-24(39-6)10-17(11-25(30)40-7)27-18-12-22-23(43-16-42-22)13-19(18)29(20-15-41-32(38)28(20)27)34(4)21-14-26(36)35(5)31(21)37/h10-14,20,27-29H,15-16H2,1-9H3/t20-,27+,28-,29+/m0/s1. The lowest BCUT2D eigenvalue weighted by atomic mass is 9.65. The molecular formula is C33H40N2O9Si. The number of likely N-dealkylation sites (N-methyl/N-ethyl adjacent to an activating group) is 2. The first-order valence-corrected chi connectivity index (χ1v) is 17.9. The maximum atomic E-state index is 13.6. The zero-order chi connectivity index (χ0) is 32.6. The molecule has 0 bridgehead atoms. The van der Waals surface area contributed by atoms with Gasteiger partial charge in [-0.3, -0.25) is 19.3 Å². The van der Waals surface area contributed by atoms with Crippen molar-refractivity contribution in [2.45, 2.75) is 50.9 Å². The summed E-state index contributed by atoms with van der Waals surface area (Å²) in [5.41, 5.74) is 2.71. The quantitative estimate of drug-likeness (QED) is 0.243. The fraction of sp³-hybridized carbons (Fsp3) is 0.485. The highest BCUT2D eigenvalue weighted by Crippen LogP contribution is 2.57. The van der Waals surface area contributed by atoms with Gasteiger partial charge in [0, 0.05) is 32.0 Å². The molecule has 3 aliphatic heterocycles. The highest BCUT2D eigenvalue weighted by molar-refractivity contribution is 6.74. The maximum absolute atomic E-state index is 13.6. The van der Waals surface area contributed by atoms with Crippen LogP contribution in [-0.2, 0) is 19.1 Å². The van der Waals surface area contributed by atoms with Gasteiger partial charge in [0.1, 0.15) is 5.70 Å². The average Bonchev–Trinajstić information content (AvgIpc) is 3.68. The highest BCUT2D eigenvalue weighted by Gasteiger charge is 2.55. The van der Waals surface area contributed by atoms with Crippen LogP contribution in [0.3, 0.4) is 0 Å². The number of hydrogen-bond donors (Lipinski definition) is 0. The summed E-state index contributed by atoms with van der Waals surface area (Å²) in [5, 5.41) is -0.0656. The Kier molecular flexibility index (Phi) is 7.34. The molecule has 1 fully saturated rings. The van der Waals surface area contributed by atoms with Gasteiger partial charge in [0.2, 0.25) is 6.79 Å². The molecule has 2 amide bonds. The molecule has 4 aliphatic rings. The molecule has 2 aromatic rings. The third kappa shape index (κ3) is 4.81. The lowest BCUT2D eigenvalue weighted by Crippen LogP contribution is -2.44. The number of nitrogens with zero attached hydrogens (tertiary/aromatic N) is 2. The minimum absolute atomic E-state index is 0.0656. The minimum Gasteiger partial charge on any atom is -0.539 e. The summed E-state index contributed by atoms with van der Waals surface area (Å²) < 4.78 is 35.8. The molecule has 12 heteroatoms. The number of esters is 1. The Morgan fingerprint density at radius 2 is 1.53 bits per heavy atom. The van der Waals surface area contributed by atoms with Crippen molar-refractivity contribution in [1.82, 2.24) is 9.80 Å². The van der Waals surface area contributed by atoms with Gasteiger partial charge in [-0.15, -0.1) is 0 Å². The van der Waals surface area contributed by atoms with E-state index >= 15 is 0 Å². The van der Waals surface area contributed by atoms with Gasteiger partial charge in [0.25, 0.3) is 20.1 Å². The molecule has 2 aromatic carbocycles. The second-order valence-corrected chi connectivity index (χ2v) is 18.3. The maximum Gasteiger partial charge on any atom is 0.310 e. The molecule has 11 nitrogen and oxygen atoms in total. The van der Waals surface area contributed by atoms with Crippen LogP contribution in [0.1, 0.15) is 49.4 Å². The number of benzene rings is 2. The van der Waals surface area contributed by atoms with Crippen molar-refractivity contribution < 1.29 is 42.5 Å². The molecule has 4 atom stereocenters. The number of rotatable bonds is 7. The van der Waals surface area contributed by atoms with E-state index in [1.54, 1.807) is 26.2 Å². The Labute approximate surface area is 264 Å². The first-order chi connectivity index (χ1) is 21.2. The molecule has 240 valence electrons. The number of carbonyl (C=O) groups excluding carboxylic acids is 3. The average molecular weight is 637 g/mol. The number of methoxy groups -OCH3 is 2. The monoisotopic (exact) mass is 636 g/mol. The number of fused-ring (bicyclic) bond motifs is 3. The van der Waals surface area contributed by atoms with Gasteiger partial charge in [-0.2, -0.15) is 0 Å². The number of hydrogen-bond acceptors (Lipinski definition) is 10. The van der Waals surface area contributed by atoms with Gasteiger partial charge in [0.15, 0.2) is 28.7 Å². The Bertz CT molecular complexity index is 1600. The van der Waals surface area contributed by atoms with Crippen LogP contribution in [0.2, 0.25) is 18.1 Å². The third-order valence-electron chi connectivity index (χ3n) is 10.1. The zero-order valence-corrected chi connectivity index (χ0v) is 28.2. The molecule has 3 heterocycles. The van der Waals surface area contributed by atoms with E-state index in [1.165, 1.54) is 13.1 Å². The van der Waals surface area contributed by atoms with E-state index in [9.17, 15) is 14.4 Å². The highest BCUT2D eigenvalue weighted by atomic mass is 28.4. The predicted molar refractivity (Wildman–Crippen MR) is 166 cm³/mol. The van der Waals surface area contributed by atoms with Gasteiger partial charge in [-0.1, -0.05) is 20.8 Å². The van der Waals surface area contributed by atoms with Crippen molar-refractivity contribution in [1.29, 1.82) is 0 Å². The van der Waals surface area contributed by atoms with Crippen LogP contribution in [0.5, 0.6) is 28.7 Å². The number of amides is 2. The van der Waals surface area contributed by atoms with Crippen molar-refractivity contribution in [3.63, 3.8) is 0 Å². The van der Waals surface area contributed by atoms with Crippen LogP contribution in [0.15, 0.2) is 36.0 Å². The van der Waals surface area contributed by atoms with E-state index in [0.29, 0.717) is 28.7 Å². The van der Waals surface area contributed by atoms with Crippen molar-refractivity contribution >= 4 is 26.1 Å². The molecule has 0 N–H and O–H groups in total. The van der Waals surface area contributed by atoms with Crippen LogP contribution in [0.4, 0.5) is 0 Å². The van der Waals surface area contributed by atoms with Crippen molar-refractivity contribution in [3.05, 3.63) is 52.7 Å². The summed E-state index contributed by atoms with van der Waals surface area (Å²) in [6.07, 6.45) is 1.34. The molecule has 0 radical (unpaired) electrons. The van der Waals surface area contributed by atoms with E-state index in [4.69, 9.17) is 28.1 Å².